The molecule has 3 nitrogen and oxygen atoms in total. The third kappa shape index (κ3) is 2.57. The van der Waals surface area contributed by atoms with E-state index in [2.05, 4.69) is 19.2 Å². The molecule has 1 N–H and O–H groups in total. The van der Waals surface area contributed by atoms with Crippen molar-refractivity contribution in [1.29, 1.82) is 0 Å². The minimum atomic E-state index is 0.159. The van der Waals surface area contributed by atoms with E-state index < -0.39 is 0 Å². The SMILES string of the molecule is COc1cc(C)c(C2NCCOC2C)cc1Cl. The summed E-state index contributed by atoms with van der Waals surface area (Å²) in [7, 11) is 1.63. The number of benzene rings is 1. The second-order valence-electron chi connectivity index (χ2n) is 4.35. The van der Waals surface area contributed by atoms with Crippen molar-refractivity contribution in [2.45, 2.75) is 26.0 Å². The lowest BCUT2D eigenvalue weighted by Crippen LogP contribution is -2.40. The van der Waals surface area contributed by atoms with Gasteiger partial charge in [-0.05, 0) is 37.1 Å². The summed E-state index contributed by atoms with van der Waals surface area (Å²) >= 11 is 6.17. The standard InChI is InChI=1S/C13H18ClNO2/c1-8-6-12(16-3)11(14)7-10(8)13-9(2)17-5-4-15-13/h6-7,9,13,15H,4-5H2,1-3H3. The second kappa shape index (κ2) is 5.25. The Morgan fingerprint density at radius 1 is 1.47 bits per heavy atom. The molecule has 0 aliphatic carbocycles. The minimum Gasteiger partial charge on any atom is -0.495 e. The fourth-order valence-electron chi connectivity index (χ4n) is 2.25. The summed E-state index contributed by atoms with van der Waals surface area (Å²) < 4.78 is 10.9. The summed E-state index contributed by atoms with van der Waals surface area (Å²) in [6.45, 7) is 5.78. The third-order valence-corrected chi connectivity index (χ3v) is 3.49. The van der Waals surface area contributed by atoms with E-state index in [0.717, 1.165) is 18.9 Å². The molecular weight excluding hydrogens is 238 g/mol. The fraction of sp³-hybridized carbons (Fsp3) is 0.538. The number of aryl methyl sites for hydroxylation is 1. The highest BCUT2D eigenvalue weighted by molar-refractivity contribution is 6.32. The molecule has 94 valence electrons. The van der Waals surface area contributed by atoms with Gasteiger partial charge in [-0.2, -0.15) is 0 Å². The van der Waals surface area contributed by atoms with Gasteiger partial charge in [-0.15, -0.1) is 0 Å². The Balaban J connectivity index is 2.34. The molecule has 0 radical (unpaired) electrons. The van der Waals surface area contributed by atoms with E-state index in [-0.39, 0.29) is 12.1 Å². The minimum absolute atomic E-state index is 0.159. The van der Waals surface area contributed by atoms with Gasteiger partial charge in [0, 0.05) is 6.54 Å². The van der Waals surface area contributed by atoms with Gasteiger partial charge in [-0.1, -0.05) is 11.6 Å². The van der Waals surface area contributed by atoms with E-state index in [1.807, 2.05) is 12.1 Å². The first-order valence-corrected chi connectivity index (χ1v) is 6.20. The van der Waals surface area contributed by atoms with Crippen LogP contribution in [0.5, 0.6) is 5.75 Å². The van der Waals surface area contributed by atoms with Crippen molar-refractivity contribution in [3.05, 3.63) is 28.3 Å². The average Bonchev–Trinajstić information content (AvgIpc) is 2.32. The topological polar surface area (TPSA) is 30.5 Å². The van der Waals surface area contributed by atoms with E-state index in [1.165, 1.54) is 11.1 Å². The number of methoxy groups -OCH3 is 1. The van der Waals surface area contributed by atoms with Crippen LogP contribution in [0.3, 0.4) is 0 Å². The number of halogens is 1. The molecule has 1 fully saturated rings. The molecule has 1 saturated heterocycles. The van der Waals surface area contributed by atoms with Crippen molar-refractivity contribution in [2.24, 2.45) is 0 Å². The Morgan fingerprint density at radius 3 is 2.88 bits per heavy atom. The first kappa shape index (κ1) is 12.7. The molecule has 0 amide bonds. The van der Waals surface area contributed by atoms with Crippen molar-refractivity contribution >= 4 is 11.6 Å². The summed E-state index contributed by atoms with van der Waals surface area (Å²) in [5, 5.41) is 4.11. The van der Waals surface area contributed by atoms with Crippen LogP contribution in [0, 0.1) is 6.92 Å². The number of ether oxygens (including phenoxy) is 2. The van der Waals surface area contributed by atoms with Gasteiger partial charge in [0.25, 0.3) is 0 Å². The van der Waals surface area contributed by atoms with Crippen LogP contribution in [-0.4, -0.2) is 26.4 Å². The number of hydrogen-bond donors (Lipinski definition) is 1. The zero-order chi connectivity index (χ0) is 12.4. The van der Waals surface area contributed by atoms with E-state index in [9.17, 15) is 0 Å². The van der Waals surface area contributed by atoms with Gasteiger partial charge in [0.05, 0.1) is 30.9 Å². The molecule has 0 aromatic heterocycles. The monoisotopic (exact) mass is 255 g/mol. The molecule has 1 aromatic carbocycles. The zero-order valence-electron chi connectivity index (χ0n) is 10.4. The summed E-state index contributed by atoms with van der Waals surface area (Å²) in [6.07, 6.45) is 0.159. The maximum atomic E-state index is 6.17. The summed E-state index contributed by atoms with van der Waals surface area (Å²) in [4.78, 5) is 0. The Labute approximate surface area is 107 Å². The van der Waals surface area contributed by atoms with Crippen LogP contribution >= 0.6 is 11.6 Å². The van der Waals surface area contributed by atoms with Crippen LogP contribution in [0.2, 0.25) is 5.02 Å². The predicted octanol–water partition coefficient (Wildman–Crippen LogP) is 2.71. The largest absolute Gasteiger partial charge is 0.495 e. The van der Waals surface area contributed by atoms with E-state index in [1.54, 1.807) is 7.11 Å². The fourth-order valence-corrected chi connectivity index (χ4v) is 2.50. The first-order chi connectivity index (χ1) is 8.13. The Kier molecular flexibility index (Phi) is 3.92. The summed E-state index contributed by atoms with van der Waals surface area (Å²) in [6, 6.07) is 4.14. The van der Waals surface area contributed by atoms with Gasteiger partial charge in [0.1, 0.15) is 5.75 Å². The van der Waals surface area contributed by atoms with Gasteiger partial charge in [-0.3, -0.25) is 0 Å². The van der Waals surface area contributed by atoms with Crippen molar-refractivity contribution in [1.82, 2.24) is 5.32 Å². The number of hydrogen-bond acceptors (Lipinski definition) is 3. The second-order valence-corrected chi connectivity index (χ2v) is 4.76. The van der Waals surface area contributed by atoms with Gasteiger partial charge in [0.15, 0.2) is 0 Å². The van der Waals surface area contributed by atoms with Crippen LogP contribution in [0.4, 0.5) is 0 Å². The van der Waals surface area contributed by atoms with Gasteiger partial charge < -0.3 is 14.8 Å². The number of morpholine rings is 1. The molecule has 2 unspecified atom stereocenters. The predicted molar refractivity (Wildman–Crippen MR) is 68.9 cm³/mol. The van der Waals surface area contributed by atoms with E-state index >= 15 is 0 Å². The maximum Gasteiger partial charge on any atom is 0.137 e. The smallest absolute Gasteiger partial charge is 0.137 e. The lowest BCUT2D eigenvalue weighted by molar-refractivity contribution is 0.00738. The van der Waals surface area contributed by atoms with Gasteiger partial charge in [-0.25, -0.2) is 0 Å². The normalized spacial score (nSPS) is 24.7. The van der Waals surface area contributed by atoms with Crippen molar-refractivity contribution in [2.75, 3.05) is 20.3 Å². The molecule has 1 heterocycles. The molecule has 0 bridgehead atoms. The number of rotatable bonds is 2. The third-order valence-electron chi connectivity index (χ3n) is 3.19. The molecule has 4 heteroatoms. The van der Waals surface area contributed by atoms with Crippen molar-refractivity contribution in [3.8, 4) is 5.75 Å². The molecule has 0 spiro atoms. The van der Waals surface area contributed by atoms with Crippen LogP contribution in [0.1, 0.15) is 24.1 Å². The van der Waals surface area contributed by atoms with Gasteiger partial charge in [0.2, 0.25) is 0 Å². The Hall–Kier alpha value is -0.770. The molecule has 2 atom stereocenters. The molecule has 1 aliphatic rings. The first-order valence-electron chi connectivity index (χ1n) is 5.82. The molecule has 1 aromatic rings. The van der Waals surface area contributed by atoms with Crippen molar-refractivity contribution < 1.29 is 9.47 Å². The molecular formula is C13H18ClNO2. The Morgan fingerprint density at radius 2 is 2.24 bits per heavy atom. The van der Waals surface area contributed by atoms with E-state index in [4.69, 9.17) is 21.1 Å². The number of nitrogens with one attached hydrogen (secondary N) is 1. The van der Waals surface area contributed by atoms with Crippen molar-refractivity contribution in [3.63, 3.8) is 0 Å². The van der Waals surface area contributed by atoms with Gasteiger partial charge >= 0.3 is 0 Å². The highest BCUT2D eigenvalue weighted by atomic mass is 35.5. The Bertz CT molecular complexity index is 409. The summed E-state index contributed by atoms with van der Waals surface area (Å²) in [5.74, 6) is 0.720. The van der Waals surface area contributed by atoms with Crippen LogP contribution < -0.4 is 10.1 Å². The highest BCUT2D eigenvalue weighted by Gasteiger charge is 2.25. The lowest BCUT2D eigenvalue weighted by Gasteiger charge is -2.32. The molecule has 1 aliphatic heterocycles. The quantitative estimate of drug-likeness (QED) is 0.882. The zero-order valence-corrected chi connectivity index (χ0v) is 11.2. The highest BCUT2D eigenvalue weighted by Crippen LogP contribution is 2.33. The molecule has 17 heavy (non-hydrogen) atoms. The average molecular weight is 256 g/mol. The van der Waals surface area contributed by atoms with Crippen LogP contribution in [0.25, 0.3) is 0 Å². The van der Waals surface area contributed by atoms with Crippen LogP contribution in [0.15, 0.2) is 12.1 Å². The van der Waals surface area contributed by atoms with Crippen LogP contribution in [-0.2, 0) is 4.74 Å². The van der Waals surface area contributed by atoms with E-state index in [0.29, 0.717) is 5.02 Å². The maximum absolute atomic E-state index is 6.17. The molecule has 2 rings (SSSR count). The summed E-state index contributed by atoms with van der Waals surface area (Å²) in [5.41, 5.74) is 2.35. The lowest BCUT2D eigenvalue weighted by atomic mass is 9.96. The molecule has 0 saturated carbocycles.